The van der Waals surface area contributed by atoms with Gasteiger partial charge in [-0.2, -0.15) is 4.98 Å². The van der Waals surface area contributed by atoms with Gasteiger partial charge in [0.1, 0.15) is 0 Å². The van der Waals surface area contributed by atoms with Gasteiger partial charge in [0.15, 0.2) is 5.58 Å². The summed E-state index contributed by atoms with van der Waals surface area (Å²) in [5.74, 6) is 0. The predicted molar refractivity (Wildman–Crippen MR) is 64.0 cm³/mol. The van der Waals surface area contributed by atoms with Crippen LogP contribution in [-0.2, 0) is 0 Å². The van der Waals surface area contributed by atoms with Gasteiger partial charge in [0.25, 0.3) is 6.01 Å². The summed E-state index contributed by atoms with van der Waals surface area (Å²) in [6.07, 6.45) is 2.97. The van der Waals surface area contributed by atoms with E-state index in [0.717, 1.165) is 31.2 Å². The first-order chi connectivity index (χ1) is 8.40. The molecule has 2 aromatic heterocycles. The monoisotopic (exact) mass is 230 g/mol. The van der Waals surface area contributed by atoms with Crippen molar-refractivity contribution in [1.82, 2.24) is 14.9 Å². The van der Waals surface area contributed by atoms with Crippen LogP contribution in [0.4, 0.5) is 6.01 Å². The fraction of sp³-hybridized carbons (Fsp3) is 0.500. The molecular formula is C12H14N4O. The van der Waals surface area contributed by atoms with Crippen molar-refractivity contribution in [3.63, 3.8) is 0 Å². The molecule has 2 saturated heterocycles. The Morgan fingerprint density at radius 3 is 3.24 bits per heavy atom. The molecule has 0 spiro atoms. The first-order valence-corrected chi connectivity index (χ1v) is 6.11. The minimum atomic E-state index is 0.566. The summed E-state index contributed by atoms with van der Waals surface area (Å²) < 4.78 is 5.79. The van der Waals surface area contributed by atoms with Gasteiger partial charge in [-0.3, -0.25) is 4.90 Å². The first kappa shape index (κ1) is 9.41. The maximum absolute atomic E-state index is 5.79. The molecule has 4 rings (SSSR count). The zero-order chi connectivity index (χ0) is 11.2. The molecule has 2 fully saturated rings. The van der Waals surface area contributed by atoms with E-state index in [1.54, 1.807) is 6.20 Å². The van der Waals surface area contributed by atoms with E-state index >= 15 is 0 Å². The van der Waals surface area contributed by atoms with Crippen molar-refractivity contribution in [3.8, 4) is 0 Å². The lowest BCUT2D eigenvalue weighted by Crippen LogP contribution is -2.46. The molecule has 17 heavy (non-hydrogen) atoms. The minimum Gasteiger partial charge on any atom is -0.422 e. The number of oxazole rings is 1. The molecule has 0 saturated carbocycles. The number of anilines is 1. The SMILES string of the molecule is c1cnc2nc(N3CCN4CC[C@H]3C4)oc2c1. The highest BCUT2D eigenvalue weighted by atomic mass is 16.4. The molecule has 2 aliphatic heterocycles. The largest absolute Gasteiger partial charge is 0.422 e. The van der Waals surface area contributed by atoms with Gasteiger partial charge in [-0.1, -0.05) is 0 Å². The highest BCUT2D eigenvalue weighted by Crippen LogP contribution is 2.28. The van der Waals surface area contributed by atoms with Crippen LogP contribution >= 0.6 is 0 Å². The highest BCUT2D eigenvalue weighted by molar-refractivity contribution is 5.69. The lowest BCUT2D eigenvalue weighted by atomic mass is 10.2. The van der Waals surface area contributed by atoms with Crippen molar-refractivity contribution < 1.29 is 4.42 Å². The normalized spacial score (nSPS) is 27.9. The lowest BCUT2D eigenvalue weighted by Gasteiger charge is -2.32. The number of rotatable bonds is 1. The van der Waals surface area contributed by atoms with E-state index < -0.39 is 0 Å². The van der Waals surface area contributed by atoms with E-state index in [1.165, 1.54) is 13.0 Å². The third kappa shape index (κ3) is 1.42. The molecule has 0 N–H and O–H groups in total. The average molecular weight is 230 g/mol. The van der Waals surface area contributed by atoms with Crippen molar-refractivity contribution >= 4 is 17.2 Å². The Bertz CT molecular complexity index is 519. The third-order valence-electron chi connectivity index (χ3n) is 3.74. The van der Waals surface area contributed by atoms with Crippen LogP contribution in [0.5, 0.6) is 0 Å². The summed E-state index contributed by atoms with van der Waals surface area (Å²) in [6, 6.07) is 5.11. The number of nitrogens with zero attached hydrogens (tertiary/aromatic N) is 4. The van der Waals surface area contributed by atoms with Crippen LogP contribution in [0.2, 0.25) is 0 Å². The van der Waals surface area contributed by atoms with Gasteiger partial charge < -0.3 is 9.32 Å². The molecule has 1 unspecified atom stereocenters. The molecule has 2 atom stereocenters. The molecule has 2 bridgehead atoms. The predicted octanol–water partition coefficient (Wildman–Crippen LogP) is 1.12. The maximum Gasteiger partial charge on any atom is 0.300 e. The van der Waals surface area contributed by atoms with Crippen molar-refractivity contribution in [2.45, 2.75) is 12.5 Å². The summed E-state index contributed by atoms with van der Waals surface area (Å²) in [4.78, 5) is 13.5. The number of piperazine rings is 1. The van der Waals surface area contributed by atoms with E-state index in [9.17, 15) is 0 Å². The lowest BCUT2D eigenvalue weighted by molar-refractivity contribution is 0.304. The second-order valence-corrected chi connectivity index (χ2v) is 4.76. The molecule has 4 heterocycles. The number of pyridine rings is 1. The van der Waals surface area contributed by atoms with Gasteiger partial charge in [0.05, 0.1) is 0 Å². The van der Waals surface area contributed by atoms with E-state index in [1.807, 2.05) is 12.1 Å². The zero-order valence-corrected chi connectivity index (χ0v) is 9.54. The maximum atomic E-state index is 5.79. The minimum absolute atomic E-state index is 0.566. The summed E-state index contributed by atoms with van der Waals surface area (Å²) in [7, 11) is 0. The van der Waals surface area contributed by atoms with E-state index in [0.29, 0.717) is 11.7 Å². The standard InChI is InChI=1S/C12H14N4O/c1-2-10-11(13-4-1)14-12(17-10)16-7-6-15-5-3-9(16)8-15/h1-2,4,9H,3,5-8H2/t9-/m0/s1. The number of hydrogen-bond donors (Lipinski definition) is 0. The molecule has 0 radical (unpaired) electrons. The Hall–Kier alpha value is -1.62. The quantitative estimate of drug-likeness (QED) is 0.734. The van der Waals surface area contributed by atoms with Crippen molar-refractivity contribution in [2.24, 2.45) is 0 Å². The van der Waals surface area contributed by atoms with Gasteiger partial charge in [-0.05, 0) is 18.6 Å². The fourth-order valence-corrected chi connectivity index (χ4v) is 2.83. The molecule has 2 aromatic rings. The number of fused-ring (bicyclic) bond motifs is 3. The van der Waals surface area contributed by atoms with Crippen LogP contribution in [0, 0.1) is 0 Å². The Kier molecular flexibility index (Phi) is 1.90. The summed E-state index contributed by atoms with van der Waals surface area (Å²) in [5.41, 5.74) is 1.49. The Morgan fingerprint density at radius 1 is 1.29 bits per heavy atom. The topological polar surface area (TPSA) is 45.4 Å². The fourth-order valence-electron chi connectivity index (χ4n) is 2.83. The molecule has 0 aliphatic carbocycles. The molecule has 0 amide bonds. The van der Waals surface area contributed by atoms with Gasteiger partial charge in [-0.15, -0.1) is 0 Å². The molecular weight excluding hydrogens is 216 g/mol. The van der Waals surface area contributed by atoms with Gasteiger partial charge in [-0.25, -0.2) is 4.98 Å². The van der Waals surface area contributed by atoms with Crippen LogP contribution in [0.1, 0.15) is 6.42 Å². The van der Waals surface area contributed by atoms with Crippen LogP contribution in [0.15, 0.2) is 22.7 Å². The third-order valence-corrected chi connectivity index (χ3v) is 3.74. The van der Waals surface area contributed by atoms with Crippen molar-refractivity contribution in [3.05, 3.63) is 18.3 Å². The van der Waals surface area contributed by atoms with Crippen molar-refractivity contribution in [1.29, 1.82) is 0 Å². The number of hydrogen-bond acceptors (Lipinski definition) is 5. The Morgan fingerprint density at radius 2 is 2.29 bits per heavy atom. The second kappa shape index (κ2) is 3.43. The molecule has 5 heteroatoms. The Balaban J connectivity index is 1.73. The Labute approximate surface area is 99.0 Å². The molecule has 5 nitrogen and oxygen atoms in total. The smallest absolute Gasteiger partial charge is 0.300 e. The van der Waals surface area contributed by atoms with Gasteiger partial charge in [0.2, 0.25) is 5.65 Å². The van der Waals surface area contributed by atoms with Crippen LogP contribution in [-0.4, -0.2) is 47.1 Å². The summed E-state index contributed by atoms with van der Waals surface area (Å²) in [5, 5.41) is 0. The van der Waals surface area contributed by atoms with E-state index in [4.69, 9.17) is 4.42 Å². The zero-order valence-electron chi connectivity index (χ0n) is 9.54. The average Bonchev–Trinajstić information content (AvgIpc) is 2.94. The summed E-state index contributed by atoms with van der Waals surface area (Å²) >= 11 is 0. The van der Waals surface area contributed by atoms with Crippen LogP contribution < -0.4 is 4.90 Å². The molecule has 0 aromatic carbocycles. The molecule has 2 aliphatic rings. The second-order valence-electron chi connectivity index (χ2n) is 4.76. The highest BCUT2D eigenvalue weighted by Gasteiger charge is 2.34. The van der Waals surface area contributed by atoms with Crippen LogP contribution in [0.3, 0.4) is 0 Å². The first-order valence-electron chi connectivity index (χ1n) is 6.11. The van der Waals surface area contributed by atoms with E-state index in [2.05, 4.69) is 19.8 Å². The number of aromatic nitrogens is 2. The van der Waals surface area contributed by atoms with Gasteiger partial charge in [0, 0.05) is 38.4 Å². The van der Waals surface area contributed by atoms with Crippen LogP contribution in [0.25, 0.3) is 11.2 Å². The summed E-state index contributed by atoms with van der Waals surface area (Å²) in [6.45, 7) is 4.48. The van der Waals surface area contributed by atoms with Gasteiger partial charge >= 0.3 is 0 Å². The molecule has 88 valence electrons. The van der Waals surface area contributed by atoms with Crippen molar-refractivity contribution in [2.75, 3.05) is 31.1 Å². The van der Waals surface area contributed by atoms with E-state index in [-0.39, 0.29) is 0 Å².